The molecule has 88 heavy (non-hydrogen) atoms. The van der Waals surface area contributed by atoms with Crippen molar-refractivity contribution in [2.24, 2.45) is 0 Å². The van der Waals surface area contributed by atoms with Gasteiger partial charge in [-0.05, 0) is 178 Å². The van der Waals surface area contributed by atoms with Gasteiger partial charge in [-0.1, -0.05) is 211 Å². The third-order valence-electron chi connectivity index (χ3n) is 16.2. The van der Waals surface area contributed by atoms with Gasteiger partial charge >= 0.3 is 0 Å². The first kappa shape index (κ1) is 38.5. The van der Waals surface area contributed by atoms with Gasteiger partial charge in [0.15, 0.2) is 0 Å². The van der Waals surface area contributed by atoms with Crippen molar-refractivity contribution < 1.29 is 56.4 Å². The average molecular weight is 1340 g/mol. The average Bonchev–Trinajstić information content (AvgIpc) is 1.63. The SMILES string of the molecule is [2H]c1c([2H])c([2H])c(-c2c([2H])c(-c3cc4c5c(c3)n(-c3[c-]c(Oc6[c-]c7c(cc6)c6ccccc6n7-c6cc(C(C)(C)C)ccn6)ccc3)[c-][n+]5-c3c(cc(C(C)(C)C)cc3-c3c(C([2H])([2H])[2H])cccc3C([2H])([2H])[2H])-c3ccccc3-c3ccccc3-4)c([2H])c(-c3c([2H])c([2H])c([2H])c([2H])c3[2H])c2[2H])c([2H])c1[2H].[Pt]. The summed E-state index contributed by atoms with van der Waals surface area (Å²) in [5.41, 5.74) is 3.80. The largest absolute Gasteiger partial charge is 0.510 e. The molecule has 0 atom stereocenters. The Kier molecular flexibility index (Phi) is 9.59. The Morgan fingerprint density at radius 1 is 0.489 bits per heavy atom. The quantitative estimate of drug-likeness (QED) is 0.112. The van der Waals surface area contributed by atoms with Crippen LogP contribution in [-0.2, 0) is 31.9 Å². The number of nitrogens with zero attached hydrogens (tertiary/aromatic N) is 4. The Hall–Kier alpha value is -9.67. The number of rotatable bonds is 8. The standard InChI is InChI=1S/C82H64N4O.Pt/c1-52-23-21-24-53(2)78(52)73-47-61(82(6,7)8)46-72-68-34-18-16-32-66(68)65-31-15-17-33-67(65)71-44-59(58-42-56(54-25-11-9-12-26-54)41-57(43-58)55-27-13-10-14-28-55)45-76-80(71)85(79(72)73)51-84(76)62-29-22-30-63(49-62)87-64-37-38-70-69-35-19-20-36-74(69)86(75(70)50-64)77-48-60(39-40-83-77)81(3,4)5;/h9-48H,1-8H3;/q-2;/i1D3,2D3,9D,10D,11D,12D,13D,14D,25D,26D,27D,28D,41D,42D,43D;. The van der Waals surface area contributed by atoms with E-state index in [0.29, 0.717) is 61.5 Å². The smallest absolute Gasteiger partial charge is 0.268 e. The first-order valence-electron chi connectivity index (χ1n) is 38.0. The van der Waals surface area contributed by atoms with E-state index in [1.807, 2.05) is 122 Å². The number of pyridine rings is 1. The van der Waals surface area contributed by atoms with Gasteiger partial charge in [0.05, 0.1) is 34.5 Å². The second-order valence-electron chi connectivity index (χ2n) is 23.7. The van der Waals surface area contributed by atoms with Gasteiger partial charge in [0.1, 0.15) is 5.82 Å². The molecular weight excluding hydrogens is 1250 g/mol. The number of fused-ring (bicyclic) bond motifs is 10. The van der Waals surface area contributed by atoms with Crippen molar-refractivity contribution >= 4 is 32.8 Å². The summed E-state index contributed by atoms with van der Waals surface area (Å²) in [6.45, 7) is 6.64. The summed E-state index contributed by atoms with van der Waals surface area (Å²) in [6, 6.07) is 44.2. The van der Waals surface area contributed by atoms with Crippen molar-refractivity contribution in [3.05, 3.63) is 283 Å². The Balaban J connectivity index is 0.00000960. The number of hydrogen-bond acceptors (Lipinski definition) is 2. The second-order valence-corrected chi connectivity index (χ2v) is 23.7. The molecule has 0 radical (unpaired) electrons. The normalized spacial score (nSPS) is 15.4. The molecule has 0 N–H and O–H groups in total. The third kappa shape index (κ3) is 9.79. The van der Waals surface area contributed by atoms with E-state index in [4.69, 9.17) is 26.2 Å². The summed E-state index contributed by atoms with van der Waals surface area (Å²) < 4.78 is 188. The van der Waals surface area contributed by atoms with E-state index < -0.39 is 120 Å². The van der Waals surface area contributed by atoms with Crippen molar-refractivity contribution in [3.8, 4) is 107 Å². The van der Waals surface area contributed by atoms with Crippen LogP contribution in [0.15, 0.2) is 242 Å². The number of aromatic nitrogens is 4. The van der Waals surface area contributed by atoms with Crippen molar-refractivity contribution in [1.29, 1.82) is 0 Å². The Morgan fingerprint density at radius 3 is 1.72 bits per heavy atom. The van der Waals surface area contributed by atoms with Gasteiger partial charge in [-0.3, -0.25) is 4.57 Å². The third-order valence-corrected chi connectivity index (χ3v) is 16.2. The molecule has 1 aliphatic rings. The van der Waals surface area contributed by atoms with E-state index in [0.717, 1.165) is 21.9 Å². The summed E-state index contributed by atoms with van der Waals surface area (Å²) in [6.07, 6.45) is 5.47. The molecule has 6 heteroatoms. The van der Waals surface area contributed by atoms with Crippen LogP contribution in [0, 0.1) is 32.2 Å². The van der Waals surface area contributed by atoms with Gasteiger partial charge in [0, 0.05) is 52.5 Å². The van der Waals surface area contributed by atoms with E-state index in [9.17, 15) is 9.60 Å². The summed E-state index contributed by atoms with van der Waals surface area (Å²) in [7, 11) is 0. The minimum Gasteiger partial charge on any atom is -0.510 e. The minimum absolute atomic E-state index is 0. The number of para-hydroxylation sites is 1. The van der Waals surface area contributed by atoms with Gasteiger partial charge in [-0.15, -0.1) is 29.7 Å². The molecule has 11 aromatic carbocycles. The number of ether oxygens (including phenoxy) is 1. The molecule has 0 spiro atoms. The zero-order chi connectivity index (χ0) is 75.6. The number of imidazole rings is 1. The maximum absolute atomic E-state index is 10.4. The van der Waals surface area contributed by atoms with E-state index in [-0.39, 0.29) is 82.5 Å². The maximum atomic E-state index is 10.4. The molecule has 0 saturated carbocycles. The van der Waals surface area contributed by atoms with Crippen LogP contribution < -0.4 is 9.30 Å². The molecule has 430 valence electrons. The van der Waals surface area contributed by atoms with Gasteiger partial charge in [0.2, 0.25) is 0 Å². The van der Waals surface area contributed by atoms with Crippen LogP contribution in [0.1, 0.15) is 89.8 Å². The number of hydrogen-bond donors (Lipinski definition) is 0. The summed E-state index contributed by atoms with van der Waals surface area (Å²) >= 11 is 0. The van der Waals surface area contributed by atoms with Gasteiger partial charge < -0.3 is 13.9 Å². The Bertz CT molecular complexity index is 5930. The van der Waals surface area contributed by atoms with Crippen molar-refractivity contribution in [3.63, 3.8) is 0 Å². The molecule has 4 heterocycles. The molecule has 0 unspecified atom stereocenters. The molecule has 15 rings (SSSR count). The Labute approximate surface area is 556 Å². The predicted molar refractivity (Wildman–Crippen MR) is 358 cm³/mol. The van der Waals surface area contributed by atoms with Crippen LogP contribution in [-0.4, -0.2) is 14.1 Å². The van der Waals surface area contributed by atoms with E-state index in [2.05, 4.69) is 45.3 Å². The van der Waals surface area contributed by atoms with Gasteiger partial charge in [-0.2, -0.15) is 18.2 Å². The fourth-order valence-corrected chi connectivity index (χ4v) is 11.9. The predicted octanol–water partition coefficient (Wildman–Crippen LogP) is 20.8. The fourth-order valence-electron chi connectivity index (χ4n) is 11.9. The topological polar surface area (TPSA) is 35.9 Å². The zero-order valence-corrected chi connectivity index (χ0v) is 50.9. The number of aryl methyl sites for hydroxylation is 2. The van der Waals surface area contributed by atoms with E-state index in [1.165, 1.54) is 18.2 Å². The van der Waals surface area contributed by atoms with Crippen LogP contribution in [0.4, 0.5) is 0 Å². The first-order chi connectivity index (χ1) is 50.1. The van der Waals surface area contributed by atoms with Crippen molar-refractivity contribution in [1.82, 2.24) is 14.1 Å². The fraction of sp³-hybridized carbons (Fsp3) is 0.122. The molecule has 14 aromatic rings. The molecule has 0 bridgehead atoms. The molecule has 1 aliphatic heterocycles. The molecule has 5 nitrogen and oxygen atoms in total. The Morgan fingerprint density at radius 2 is 1.07 bits per heavy atom. The minimum atomic E-state index is -2.89. The number of benzene rings is 11. The van der Waals surface area contributed by atoms with Crippen molar-refractivity contribution in [2.75, 3.05) is 0 Å². The molecule has 0 aliphatic carbocycles. The molecule has 0 fully saturated rings. The monoisotopic (exact) mass is 1330 g/mol. The van der Waals surface area contributed by atoms with E-state index >= 15 is 0 Å². The molecule has 3 aromatic heterocycles. The summed E-state index contributed by atoms with van der Waals surface area (Å²) in [4.78, 5) is 4.87. The van der Waals surface area contributed by atoms with Crippen LogP contribution >= 0.6 is 0 Å². The van der Waals surface area contributed by atoms with Gasteiger partial charge in [0.25, 0.3) is 6.33 Å². The van der Waals surface area contributed by atoms with Crippen LogP contribution in [0.3, 0.4) is 0 Å². The zero-order valence-electron chi connectivity index (χ0n) is 67.6. The molecule has 0 saturated heterocycles. The van der Waals surface area contributed by atoms with E-state index in [1.54, 1.807) is 51.7 Å². The summed E-state index contributed by atoms with van der Waals surface area (Å²) in [5.74, 6) is 1.16. The first-order valence-corrected chi connectivity index (χ1v) is 28.5. The van der Waals surface area contributed by atoms with Crippen LogP contribution in [0.25, 0.3) is 128 Å². The summed E-state index contributed by atoms with van der Waals surface area (Å²) in [5, 5.41) is 1.85. The van der Waals surface area contributed by atoms with Crippen LogP contribution in [0.5, 0.6) is 11.5 Å². The molecular formula is C82H64N4OPt-2. The van der Waals surface area contributed by atoms with Crippen LogP contribution in [0.2, 0.25) is 0 Å². The van der Waals surface area contributed by atoms with Gasteiger partial charge in [-0.25, -0.2) is 4.98 Å². The molecule has 0 amide bonds. The maximum Gasteiger partial charge on any atom is 0.268 e. The van der Waals surface area contributed by atoms with Crippen molar-refractivity contribution in [2.45, 2.75) is 66.1 Å². The second kappa shape index (κ2) is 21.9.